The Bertz CT molecular complexity index is 663. The van der Waals surface area contributed by atoms with Crippen molar-refractivity contribution in [3.8, 4) is 0 Å². The highest BCUT2D eigenvalue weighted by molar-refractivity contribution is 5.82. The van der Waals surface area contributed by atoms with Crippen molar-refractivity contribution < 1.29 is 9.90 Å². The molecule has 3 fully saturated rings. The van der Waals surface area contributed by atoms with Gasteiger partial charge in [0.2, 0.25) is 0 Å². The Morgan fingerprint density at radius 1 is 1.07 bits per heavy atom. The zero-order chi connectivity index (χ0) is 21.0. The summed E-state index contributed by atoms with van der Waals surface area (Å²) in [6, 6.07) is 0. The SMILES string of the molecule is CC(C)CCC[C@@H](C)[C@H]1CC[C@H]2[C@@H]3[C@@H](O)C=C4CC(=O)CC[C@]4(C)[C@H]3CC[C@]12C. The van der Waals surface area contributed by atoms with E-state index in [1.807, 2.05) is 0 Å². The van der Waals surface area contributed by atoms with Crippen LogP contribution >= 0.6 is 0 Å². The zero-order valence-electron chi connectivity index (χ0n) is 19.5. The molecule has 29 heavy (non-hydrogen) atoms. The zero-order valence-corrected chi connectivity index (χ0v) is 19.5. The molecule has 0 bridgehead atoms. The smallest absolute Gasteiger partial charge is 0.136 e. The van der Waals surface area contributed by atoms with Gasteiger partial charge in [-0.2, -0.15) is 0 Å². The van der Waals surface area contributed by atoms with E-state index in [-0.39, 0.29) is 11.5 Å². The van der Waals surface area contributed by atoms with Crippen LogP contribution in [0.3, 0.4) is 0 Å². The molecule has 0 amide bonds. The van der Waals surface area contributed by atoms with E-state index in [4.69, 9.17) is 0 Å². The number of ketones is 1. The van der Waals surface area contributed by atoms with Gasteiger partial charge >= 0.3 is 0 Å². The van der Waals surface area contributed by atoms with Gasteiger partial charge in [0.1, 0.15) is 5.78 Å². The number of Topliss-reactive ketones (excluding diaryl/α,β-unsaturated/α-hetero) is 1. The summed E-state index contributed by atoms with van der Waals surface area (Å²) in [4.78, 5) is 12.1. The van der Waals surface area contributed by atoms with Gasteiger partial charge in [-0.15, -0.1) is 0 Å². The fourth-order valence-electron chi connectivity index (χ4n) is 8.49. The highest BCUT2D eigenvalue weighted by atomic mass is 16.3. The van der Waals surface area contributed by atoms with Crippen LogP contribution < -0.4 is 0 Å². The van der Waals surface area contributed by atoms with Crippen molar-refractivity contribution in [3.05, 3.63) is 11.6 Å². The van der Waals surface area contributed by atoms with Crippen molar-refractivity contribution in [2.45, 2.75) is 105 Å². The average Bonchev–Trinajstić information content (AvgIpc) is 3.00. The van der Waals surface area contributed by atoms with E-state index in [1.54, 1.807) is 0 Å². The van der Waals surface area contributed by atoms with Crippen LogP contribution in [-0.4, -0.2) is 17.0 Å². The lowest BCUT2D eigenvalue weighted by Gasteiger charge is -2.59. The summed E-state index contributed by atoms with van der Waals surface area (Å²) in [7, 11) is 0. The topological polar surface area (TPSA) is 37.3 Å². The third-order valence-electron chi connectivity index (χ3n) is 10.2. The van der Waals surface area contributed by atoms with Crippen LogP contribution in [0.2, 0.25) is 0 Å². The molecule has 0 aliphatic heterocycles. The van der Waals surface area contributed by atoms with Gasteiger partial charge in [-0.1, -0.05) is 65.5 Å². The molecule has 2 nitrogen and oxygen atoms in total. The minimum absolute atomic E-state index is 0.153. The Labute approximate surface area is 178 Å². The van der Waals surface area contributed by atoms with Gasteiger partial charge in [-0.3, -0.25) is 4.79 Å². The van der Waals surface area contributed by atoms with Crippen molar-refractivity contribution in [1.82, 2.24) is 0 Å². The number of rotatable bonds is 5. The summed E-state index contributed by atoms with van der Waals surface area (Å²) in [6.45, 7) is 12.2. The Kier molecular flexibility index (Phi) is 5.82. The predicted octanol–water partition coefficient (Wildman–Crippen LogP) is 6.57. The molecule has 4 aliphatic rings. The molecular formula is C27H44O2. The highest BCUT2D eigenvalue weighted by Gasteiger charge is 2.61. The van der Waals surface area contributed by atoms with Crippen molar-refractivity contribution in [1.29, 1.82) is 0 Å². The molecule has 164 valence electrons. The average molecular weight is 401 g/mol. The van der Waals surface area contributed by atoms with Crippen LogP contribution in [0.15, 0.2) is 11.6 Å². The lowest BCUT2D eigenvalue weighted by molar-refractivity contribution is -0.125. The molecular weight excluding hydrogens is 356 g/mol. The normalized spacial score (nSPS) is 45.4. The van der Waals surface area contributed by atoms with E-state index < -0.39 is 0 Å². The first-order valence-corrected chi connectivity index (χ1v) is 12.6. The van der Waals surface area contributed by atoms with Crippen LogP contribution in [0.1, 0.15) is 98.8 Å². The van der Waals surface area contributed by atoms with Gasteiger partial charge in [-0.05, 0) is 78.4 Å². The van der Waals surface area contributed by atoms with E-state index in [0.717, 1.165) is 30.6 Å². The van der Waals surface area contributed by atoms with Crippen LogP contribution in [0.5, 0.6) is 0 Å². The summed E-state index contributed by atoms with van der Waals surface area (Å²) >= 11 is 0. The van der Waals surface area contributed by atoms with E-state index in [0.29, 0.717) is 35.4 Å². The standard InChI is InChI=1S/C27H44O2/c1-17(2)7-6-8-18(3)21-9-10-22-25-23(12-14-27(21,22)5)26(4)13-11-20(28)15-19(26)16-24(25)29/h16-18,21-25,29H,6-15H2,1-5H3/t18-,21-,22+,23+,24+,25+,26+,27-/m1/s1. The van der Waals surface area contributed by atoms with Crippen molar-refractivity contribution in [2.24, 2.45) is 46.3 Å². The largest absolute Gasteiger partial charge is 0.389 e. The lowest BCUT2D eigenvalue weighted by Crippen LogP contribution is -2.54. The fraction of sp³-hybridized carbons (Fsp3) is 0.889. The van der Waals surface area contributed by atoms with Crippen LogP contribution in [0.25, 0.3) is 0 Å². The number of fused-ring (bicyclic) bond motifs is 5. The summed E-state index contributed by atoms with van der Waals surface area (Å²) in [6.07, 6.45) is 13.4. The number of aliphatic hydroxyl groups excluding tert-OH is 1. The first kappa shape index (κ1) is 21.6. The maximum atomic E-state index is 12.1. The Balaban J connectivity index is 1.54. The van der Waals surface area contributed by atoms with Gasteiger partial charge in [0.25, 0.3) is 0 Å². The molecule has 0 saturated heterocycles. The molecule has 0 spiro atoms. The molecule has 8 atom stereocenters. The number of aliphatic hydroxyl groups is 1. The van der Waals surface area contributed by atoms with E-state index >= 15 is 0 Å². The van der Waals surface area contributed by atoms with Crippen LogP contribution in [0, 0.1) is 46.3 Å². The Morgan fingerprint density at radius 2 is 1.83 bits per heavy atom. The van der Waals surface area contributed by atoms with E-state index in [9.17, 15) is 9.90 Å². The van der Waals surface area contributed by atoms with Crippen molar-refractivity contribution >= 4 is 5.78 Å². The maximum absolute atomic E-state index is 12.1. The number of carbonyl (C=O) groups excluding carboxylic acids is 1. The summed E-state index contributed by atoms with van der Waals surface area (Å²) in [5, 5.41) is 11.2. The van der Waals surface area contributed by atoms with E-state index in [1.165, 1.54) is 50.5 Å². The summed E-state index contributed by atoms with van der Waals surface area (Å²) in [5.41, 5.74) is 1.81. The molecule has 4 rings (SSSR count). The Morgan fingerprint density at radius 3 is 2.55 bits per heavy atom. The minimum Gasteiger partial charge on any atom is -0.389 e. The predicted molar refractivity (Wildman–Crippen MR) is 119 cm³/mol. The first-order chi connectivity index (χ1) is 13.7. The fourth-order valence-corrected chi connectivity index (χ4v) is 8.49. The first-order valence-electron chi connectivity index (χ1n) is 12.6. The summed E-state index contributed by atoms with van der Waals surface area (Å²) in [5.74, 6) is 4.43. The third kappa shape index (κ3) is 3.56. The molecule has 0 aromatic heterocycles. The number of allylic oxidation sites excluding steroid dienone is 1. The van der Waals surface area contributed by atoms with Crippen molar-refractivity contribution in [3.63, 3.8) is 0 Å². The molecule has 1 N–H and O–H groups in total. The van der Waals surface area contributed by atoms with Crippen LogP contribution in [-0.2, 0) is 4.79 Å². The maximum Gasteiger partial charge on any atom is 0.136 e. The lowest BCUT2D eigenvalue weighted by atomic mass is 9.46. The molecule has 2 heteroatoms. The second kappa shape index (κ2) is 7.81. The van der Waals surface area contributed by atoms with Gasteiger partial charge in [0, 0.05) is 12.8 Å². The third-order valence-corrected chi connectivity index (χ3v) is 10.2. The Hall–Kier alpha value is -0.630. The van der Waals surface area contributed by atoms with Crippen molar-refractivity contribution in [2.75, 3.05) is 0 Å². The molecule has 0 unspecified atom stereocenters. The van der Waals surface area contributed by atoms with Gasteiger partial charge in [0.05, 0.1) is 6.10 Å². The number of hydrogen-bond acceptors (Lipinski definition) is 2. The highest BCUT2D eigenvalue weighted by Crippen LogP contribution is 2.67. The summed E-state index contributed by atoms with van der Waals surface area (Å²) < 4.78 is 0. The molecule has 0 aromatic carbocycles. The second-order valence-electron chi connectivity index (χ2n) is 12.1. The van der Waals surface area contributed by atoms with Gasteiger partial charge in [0.15, 0.2) is 0 Å². The van der Waals surface area contributed by atoms with Gasteiger partial charge in [-0.25, -0.2) is 0 Å². The molecule has 0 heterocycles. The molecule has 0 aromatic rings. The molecule has 4 aliphatic carbocycles. The van der Waals surface area contributed by atoms with E-state index in [2.05, 4.69) is 40.7 Å². The van der Waals surface area contributed by atoms with Crippen LogP contribution in [0.4, 0.5) is 0 Å². The number of carbonyl (C=O) groups is 1. The molecule has 3 saturated carbocycles. The number of hydrogen-bond donors (Lipinski definition) is 1. The monoisotopic (exact) mass is 400 g/mol. The quantitative estimate of drug-likeness (QED) is 0.530. The second-order valence-corrected chi connectivity index (χ2v) is 12.1. The van der Waals surface area contributed by atoms with Gasteiger partial charge < -0.3 is 5.11 Å². The minimum atomic E-state index is -0.339. The molecule has 0 radical (unpaired) electrons.